The van der Waals surface area contributed by atoms with E-state index in [1.54, 1.807) is 0 Å². The van der Waals surface area contributed by atoms with Crippen LogP contribution in [0.15, 0.2) is 50.7 Å². The second kappa shape index (κ2) is 8.53. The van der Waals surface area contributed by atoms with Gasteiger partial charge in [0.1, 0.15) is 33.6 Å². The number of hydrogen-bond donors (Lipinski definition) is 3. The van der Waals surface area contributed by atoms with Crippen molar-refractivity contribution in [3.63, 3.8) is 0 Å². The van der Waals surface area contributed by atoms with Crippen LogP contribution in [-0.2, 0) is 6.42 Å². The van der Waals surface area contributed by atoms with Gasteiger partial charge < -0.3 is 24.5 Å². The number of hydrogen-bond acceptors (Lipinski definition) is 6. The predicted molar refractivity (Wildman–Crippen MR) is 118 cm³/mol. The number of phenolic OH excluding ortho intramolecular Hbond substituents is 3. The van der Waals surface area contributed by atoms with E-state index in [0.29, 0.717) is 17.7 Å². The third-order valence-corrected chi connectivity index (χ3v) is 5.06. The molecule has 6 nitrogen and oxygen atoms in total. The lowest BCUT2D eigenvalue weighted by Gasteiger charge is -2.13. The summed E-state index contributed by atoms with van der Waals surface area (Å²) in [5.41, 5.74) is 2.38. The first-order valence-corrected chi connectivity index (χ1v) is 9.73. The second-order valence-electron chi connectivity index (χ2n) is 7.59. The zero-order chi connectivity index (χ0) is 22.0. The van der Waals surface area contributed by atoms with Crippen LogP contribution in [0.2, 0.25) is 0 Å². The van der Waals surface area contributed by atoms with E-state index in [-0.39, 0.29) is 39.2 Å². The normalized spacial score (nSPS) is 11.8. The Bertz CT molecular complexity index is 1230. The van der Waals surface area contributed by atoms with Crippen LogP contribution >= 0.6 is 0 Å². The minimum atomic E-state index is -0.620. The Balaban J connectivity index is 2.20. The SMILES string of the molecule is COc1cc(O)c2c(=O)c3c(O)ccc(O)c3oc2c1C/C=C(\C)CCC=C(C)C. The van der Waals surface area contributed by atoms with Crippen molar-refractivity contribution in [2.24, 2.45) is 0 Å². The molecule has 30 heavy (non-hydrogen) atoms. The molecule has 2 aromatic carbocycles. The van der Waals surface area contributed by atoms with Crippen molar-refractivity contribution in [3.05, 3.63) is 57.3 Å². The lowest BCUT2D eigenvalue weighted by atomic mass is 10.0. The van der Waals surface area contributed by atoms with Crippen LogP contribution in [0.5, 0.6) is 23.0 Å². The van der Waals surface area contributed by atoms with E-state index >= 15 is 0 Å². The highest BCUT2D eigenvalue weighted by Crippen LogP contribution is 2.39. The van der Waals surface area contributed by atoms with Crippen LogP contribution in [0, 0.1) is 0 Å². The number of rotatable bonds is 6. The fourth-order valence-electron chi connectivity index (χ4n) is 3.45. The molecule has 0 aliphatic rings. The van der Waals surface area contributed by atoms with Gasteiger partial charge >= 0.3 is 0 Å². The summed E-state index contributed by atoms with van der Waals surface area (Å²) < 4.78 is 11.3. The van der Waals surface area contributed by atoms with Crippen molar-refractivity contribution in [2.45, 2.75) is 40.0 Å². The van der Waals surface area contributed by atoms with Gasteiger partial charge in [0, 0.05) is 11.6 Å². The minimum absolute atomic E-state index is 0.0604. The Morgan fingerprint density at radius 1 is 1.00 bits per heavy atom. The van der Waals surface area contributed by atoms with Crippen molar-refractivity contribution in [1.29, 1.82) is 0 Å². The van der Waals surface area contributed by atoms with E-state index in [0.717, 1.165) is 12.8 Å². The number of fused-ring (bicyclic) bond motifs is 2. The van der Waals surface area contributed by atoms with Gasteiger partial charge in [-0.15, -0.1) is 0 Å². The maximum absolute atomic E-state index is 13.0. The van der Waals surface area contributed by atoms with Gasteiger partial charge in [0.25, 0.3) is 0 Å². The van der Waals surface area contributed by atoms with E-state index in [2.05, 4.69) is 19.9 Å². The van der Waals surface area contributed by atoms with Gasteiger partial charge in [-0.25, -0.2) is 0 Å². The molecule has 158 valence electrons. The Morgan fingerprint density at radius 3 is 2.33 bits per heavy atom. The van der Waals surface area contributed by atoms with Crippen molar-refractivity contribution in [2.75, 3.05) is 7.11 Å². The van der Waals surface area contributed by atoms with Crippen molar-refractivity contribution in [1.82, 2.24) is 0 Å². The first kappa shape index (κ1) is 21.3. The molecule has 0 aliphatic carbocycles. The Kier molecular flexibility index (Phi) is 6.06. The number of phenols is 3. The molecule has 0 spiro atoms. The number of methoxy groups -OCH3 is 1. The van der Waals surface area contributed by atoms with E-state index in [9.17, 15) is 20.1 Å². The molecule has 0 amide bonds. The summed E-state index contributed by atoms with van der Waals surface area (Å²) in [5.74, 6) is -0.544. The first-order valence-electron chi connectivity index (χ1n) is 9.73. The fraction of sp³-hybridized carbons (Fsp3) is 0.292. The number of allylic oxidation sites excluding steroid dienone is 4. The largest absolute Gasteiger partial charge is 0.507 e. The summed E-state index contributed by atoms with van der Waals surface area (Å²) in [4.78, 5) is 13.0. The van der Waals surface area contributed by atoms with Crippen LogP contribution in [0.1, 0.15) is 39.2 Å². The average molecular weight is 410 g/mol. The average Bonchev–Trinajstić information content (AvgIpc) is 2.69. The van der Waals surface area contributed by atoms with Crippen molar-refractivity contribution < 1.29 is 24.5 Å². The summed E-state index contributed by atoms with van der Waals surface area (Å²) in [5, 5.41) is 30.5. The Hall–Kier alpha value is -3.41. The summed E-state index contributed by atoms with van der Waals surface area (Å²) in [6.45, 7) is 6.15. The highest BCUT2D eigenvalue weighted by Gasteiger charge is 2.22. The lowest BCUT2D eigenvalue weighted by Crippen LogP contribution is -2.05. The third-order valence-electron chi connectivity index (χ3n) is 5.06. The molecular weight excluding hydrogens is 384 g/mol. The fourth-order valence-corrected chi connectivity index (χ4v) is 3.45. The molecular formula is C24H26O6. The molecule has 0 saturated heterocycles. The standard InChI is InChI=1S/C24H26O6/c1-13(2)6-5-7-14(3)8-9-15-19(29-4)12-18(27)21-22(28)20-16(25)10-11-17(26)24(20)30-23(15)21/h6,8,10-12,25-27H,5,7,9H2,1-4H3/b14-8+. The number of aromatic hydroxyl groups is 3. The monoisotopic (exact) mass is 410 g/mol. The molecule has 3 aromatic rings. The Morgan fingerprint density at radius 2 is 1.67 bits per heavy atom. The number of ether oxygens (including phenoxy) is 1. The maximum atomic E-state index is 13.0. The van der Waals surface area contributed by atoms with E-state index in [1.165, 1.54) is 36.5 Å². The summed E-state index contributed by atoms with van der Waals surface area (Å²) in [6.07, 6.45) is 6.44. The van der Waals surface area contributed by atoms with Gasteiger partial charge in [-0.05, 0) is 52.2 Å². The lowest BCUT2D eigenvalue weighted by molar-refractivity contribution is 0.403. The summed E-state index contributed by atoms with van der Waals surface area (Å²) in [7, 11) is 1.47. The molecule has 0 atom stereocenters. The summed E-state index contributed by atoms with van der Waals surface area (Å²) >= 11 is 0. The smallest absolute Gasteiger partial charge is 0.208 e. The number of benzene rings is 2. The van der Waals surface area contributed by atoms with Crippen LogP contribution in [0.4, 0.5) is 0 Å². The maximum Gasteiger partial charge on any atom is 0.208 e. The zero-order valence-corrected chi connectivity index (χ0v) is 17.6. The minimum Gasteiger partial charge on any atom is -0.507 e. The molecule has 0 radical (unpaired) electrons. The van der Waals surface area contributed by atoms with Crippen LogP contribution in [-0.4, -0.2) is 22.4 Å². The molecule has 0 saturated carbocycles. The predicted octanol–water partition coefficient (Wildman–Crippen LogP) is 5.31. The first-order chi connectivity index (χ1) is 14.2. The van der Waals surface area contributed by atoms with E-state index in [1.807, 2.05) is 13.0 Å². The summed E-state index contributed by atoms with van der Waals surface area (Å²) in [6, 6.07) is 3.83. The van der Waals surface area contributed by atoms with Gasteiger partial charge in [-0.1, -0.05) is 23.3 Å². The molecule has 3 rings (SSSR count). The van der Waals surface area contributed by atoms with E-state index < -0.39 is 5.43 Å². The topological polar surface area (TPSA) is 100 Å². The molecule has 6 heteroatoms. The van der Waals surface area contributed by atoms with Crippen LogP contribution < -0.4 is 10.2 Å². The molecule has 0 aliphatic heterocycles. The molecule has 1 heterocycles. The van der Waals surface area contributed by atoms with Crippen molar-refractivity contribution in [3.8, 4) is 23.0 Å². The molecule has 3 N–H and O–H groups in total. The quantitative estimate of drug-likeness (QED) is 0.289. The van der Waals surface area contributed by atoms with Gasteiger partial charge in [0.05, 0.1) is 7.11 Å². The second-order valence-corrected chi connectivity index (χ2v) is 7.59. The zero-order valence-electron chi connectivity index (χ0n) is 17.6. The molecule has 0 unspecified atom stereocenters. The van der Waals surface area contributed by atoms with Crippen molar-refractivity contribution >= 4 is 21.9 Å². The molecule has 1 aromatic heterocycles. The van der Waals surface area contributed by atoms with Gasteiger partial charge in [0.2, 0.25) is 5.43 Å². The third kappa shape index (κ3) is 3.99. The van der Waals surface area contributed by atoms with E-state index in [4.69, 9.17) is 9.15 Å². The molecule has 0 bridgehead atoms. The van der Waals surface area contributed by atoms with Gasteiger partial charge in [-0.2, -0.15) is 0 Å². The Labute approximate surface area is 174 Å². The van der Waals surface area contributed by atoms with Crippen LogP contribution in [0.3, 0.4) is 0 Å². The van der Waals surface area contributed by atoms with Crippen LogP contribution in [0.25, 0.3) is 21.9 Å². The van der Waals surface area contributed by atoms with Gasteiger partial charge in [0.15, 0.2) is 11.3 Å². The van der Waals surface area contributed by atoms with Gasteiger partial charge in [-0.3, -0.25) is 4.79 Å². The highest BCUT2D eigenvalue weighted by atomic mass is 16.5. The highest BCUT2D eigenvalue weighted by molar-refractivity contribution is 5.99. The molecule has 0 fully saturated rings.